The van der Waals surface area contributed by atoms with Crippen molar-refractivity contribution in [2.24, 2.45) is 5.92 Å². The number of piperidine rings is 1. The Morgan fingerprint density at radius 2 is 2.11 bits per heavy atom. The van der Waals surface area contributed by atoms with Crippen molar-refractivity contribution in [2.75, 3.05) is 25.5 Å². The van der Waals surface area contributed by atoms with Gasteiger partial charge in [-0.15, -0.1) is 12.4 Å². The molecular weight excluding hydrogens is 332 g/mol. The summed E-state index contributed by atoms with van der Waals surface area (Å²) in [7, 11) is 1.60. The summed E-state index contributed by atoms with van der Waals surface area (Å²) in [5, 5.41) is 6.20. The summed E-state index contributed by atoms with van der Waals surface area (Å²) in [4.78, 5) is 12.1. The van der Waals surface area contributed by atoms with Gasteiger partial charge in [0.1, 0.15) is 5.75 Å². The molecule has 0 aromatic heterocycles. The quantitative estimate of drug-likeness (QED) is 0.882. The van der Waals surface area contributed by atoms with Gasteiger partial charge in [-0.05, 0) is 44.1 Å². The molecule has 0 saturated carbocycles. The minimum absolute atomic E-state index is 0. The van der Waals surface area contributed by atoms with Gasteiger partial charge in [-0.3, -0.25) is 4.79 Å². The third-order valence-corrected chi connectivity index (χ3v) is 3.62. The average Bonchev–Trinajstić information content (AvgIpc) is 2.40. The zero-order chi connectivity index (χ0) is 13.0. The molecule has 1 aromatic rings. The summed E-state index contributed by atoms with van der Waals surface area (Å²) < 4.78 is 6.16. The second-order valence-corrected chi connectivity index (χ2v) is 5.27. The van der Waals surface area contributed by atoms with E-state index in [-0.39, 0.29) is 24.2 Å². The van der Waals surface area contributed by atoms with Crippen LogP contribution in [-0.2, 0) is 4.79 Å². The zero-order valence-electron chi connectivity index (χ0n) is 10.7. The van der Waals surface area contributed by atoms with E-state index in [0.717, 1.165) is 36.1 Å². The van der Waals surface area contributed by atoms with Crippen LogP contribution in [0.3, 0.4) is 0 Å². The van der Waals surface area contributed by atoms with Gasteiger partial charge in [-0.1, -0.05) is 15.9 Å². The molecule has 1 aliphatic rings. The maximum absolute atomic E-state index is 12.1. The van der Waals surface area contributed by atoms with Gasteiger partial charge in [0.2, 0.25) is 5.91 Å². The highest BCUT2D eigenvalue weighted by molar-refractivity contribution is 9.10. The molecule has 1 fully saturated rings. The number of hydrogen-bond acceptors (Lipinski definition) is 3. The van der Waals surface area contributed by atoms with Gasteiger partial charge in [0.05, 0.1) is 12.8 Å². The lowest BCUT2D eigenvalue weighted by molar-refractivity contribution is -0.120. The lowest BCUT2D eigenvalue weighted by Gasteiger charge is -2.22. The van der Waals surface area contributed by atoms with Crippen LogP contribution in [-0.4, -0.2) is 26.1 Å². The third kappa shape index (κ3) is 4.37. The van der Waals surface area contributed by atoms with Crippen molar-refractivity contribution >= 4 is 39.9 Å². The molecular formula is C13H18BrClN2O2. The molecule has 0 bridgehead atoms. The van der Waals surface area contributed by atoms with Gasteiger partial charge in [-0.25, -0.2) is 0 Å². The molecule has 19 heavy (non-hydrogen) atoms. The van der Waals surface area contributed by atoms with Crippen LogP contribution < -0.4 is 15.4 Å². The SMILES string of the molecule is COc1ccc(Br)cc1NC(=O)C1CCNCC1.Cl. The number of halogens is 2. The zero-order valence-corrected chi connectivity index (χ0v) is 13.1. The van der Waals surface area contributed by atoms with E-state index >= 15 is 0 Å². The molecule has 0 aliphatic carbocycles. The van der Waals surface area contributed by atoms with Gasteiger partial charge in [0.15, 0.2) is 0 Å². The molecule has 0 atom stereocenters. The molecule has 1 aliphatic heterocycles. The average molecular weight is 350 g/mol. The molecule has 2 N–H and O–H groups in total. The van der Waals surface area contributed by atoms with Crippen LogP contribution in [0.5, 0.6) is 5.75 Å². The molecule has 1 amide bonds. The highest BCUT2D eigenvalue weighted by Crippen LogP contribution is 2.28. The van der Waals surface area contributed by atoms with Crippen molar-refractivity contribution in [2.45, 2.75) is 12.8 Å². The Balaban J connectivity index is 0.00000180. The number of rotatable bonds is 3. The molecule has 1 saturated heterocycles. The number of amides is 1. The van der Waals surface area contributed by atoms with E-state index in [1.165, 1.54) is 0 Å². The Kier molecular flexibility index (Phi) is 6.62. The second-order valence-electron chi connectivity index (χ2n) is 4.36. The second kappa shape index (κ2) is 7.72. The Hall–Kier alpha value is -0.780. The molecule has 1 aromatic carbocycles. The maximum atomic E-state index is 12.1. The first-order valence-corrected chi connectivity index (χ1v) is 6.85. The van der Waals surface area contributed by atoms with Gasteiger partial charge in [0, 0.05) is 10.4 Å². The first-order chi connectivity index (χ1) is 8.70. The van der Waals surface area contributed by atoms with E-state index in [2.05, 4.69) is 26.6 Å². The van der Waals surface area contributed by atoms with Crippen LogP contribution in [0.1, 0.15) is 12.8 Å². The number of ether oxygens (including phenoxy) is 1. The van der Waals surface area contributed by atoms with Crippen LogP contribution in [0.4, 0.5) is 5.69 Å². The number of hydrogen-bond donors (Lipinski definition) is 2. The topological polar surface area (TPSA) is 50.4 Å². The fraction of sp³-hybridized carbons (Fsp3) is 0.462. The van der Waals surface area contributed by atoms with E-state index in [1.807, 2.05) is 18.2 Å². The predicted octanol–water partition coefficient (Wildman–Crippen LogP) is 2.82. The Morgan fingerprint density at radius 3 is 2.74 bits per heavy atom. The maximum Gasteiger partial charge on any atom is 0.227 e. The Labute approximate surface area is 127 Å². The number of carbonyl (C=O) groups excluding carboxylic acids is 1. The summed E-state index contributed by atoms with van der Waals surface area (Å²) in [5.74, 6) is 0.850. The lowest BCUT2D eigenvalue weighted by Crippen LogP contribution is -2.34. The van der Waals surface area contributed by atoms with Crippen molar-refractivity contribution in [1.29, 1.82) is 0 Å². The van der Waals surface area contributed by atoms with E-state index < -0.39 is 0 Å². The van der Waals surface area contributed by atoms with Crippen LogP contribution in [0.15, 0.2) is 22.7 Å². The van der Waals surface area contributed by atoms with Gasteiger partial charge in [0.25, 0.3) is 0 Å². The minimum atomic E-state index is 0. The van der Waals surface area contributed by atoms with Gasteiger partial charge < -0.3 is 15.4 Å². The molecule has 0 spiro atoms. The normalized spacial score (nSPS) is 15.5. The van der Waals surface area contributed by atoms with Crippen LogP contribution in [0.2, 0.25) is 0 Å². The number of anilines is 1. The molecule has 0 unspecified atom stereocenters. The van der Waals surface area contributed by atoms with Crippen molar-refractivity contribution < 1.29 is 9.53 Å². The fourth-order valence-corrected chi connectivity index (χ4v) is 2.46. The minimum Gasteiger partial charge on any atom is -0.495 e. The summed E-state index contributed by atoms with van der Waals surface area (Å²) in [6, 6.07) is 5.58. The Bertz CT molecular complexity index is 437. The molecule has 106 valence electrons. The summed E-state index contributed by atoms with van der Waals surface area (Å²) >= 11 is 3.39. The summed E-state index contributed by atoms with van der Waals surface area (Å²) in [6.07, 6.45) is 1.78. The van der Waals surface area contributed by atoms with E-state index in [1.54, 1.807) is 7.11 Å². The molecule has 6 heteroatoms. The van der Waals surface area contributed by atoms with Crippen molar-refractivity contribution in [3.8, 4) is 5.75 Å². The smallest absolute Gasteiger partial charge is 0.227 e. The van der Waals surface area contributed by atoms with Crippen molar-refractivity contribution in [3.05, 3.63) is 22.7 Å². The number of carbonyl (C=O) groups is 1. The van der Waals surface area contributed by atoms with Crippen molar-refractivity contribution in [1.82, 2.24) is 5.32 Å². The third-order valence-electron chi connectivity index (χ3n) is 3.13. The molecule has 2 rings (SSSR count). The van der Waals surface area contributed by atoms with Gasteiger partial charge in [-0.2, -0.15) is 0 Å². The summed E-state index contributed by atoms with van der Waals surface area (Å²) in [6.45, 7) is 1.82. The lowest BCUT2D eigenvalue weighted by atomic mass is 9.97. The number of nitrogens with one attached hydrogen (secondary N) is 2. The summed E-state index contributed by atoms with van der Waals surface area (Å²) in [5.41, 5.74) is 0.718. The van der Waals surface area contributed by atoms with Crippen LogP contribution >= 0.6 is 28.3 Å². The first-order valence-electron chi connectivity index (χ1n) is 6.06. The van der Waals surface area contributed by atoms with Gasteiger partial charge >= 0.3 is 0 Å². The van der Waals surface area contributed by atoms with E-state index in [4.69, 9.17) is 4.74 Å². The standard InChI is InChI=1S/C13H17BrN2O2.ClH/c1-18-12-3-2-10(14)8-11(12)16-13(17)9-4-6-15-7-5-9;/h2-3,8-9,15H,4-7H2,1H3,(H,16,17);1H. The van der Waals surface area contributed by atoms with E-state index in [0.29, 0.717) is 5.75 Å². The largest absolute Gasteiger partial charge is 0.495 e. The van der Waals surface area contributed by atoms with Crippen LogP contribution in [0.25, 0.3) is 0 Å². The highest BCUT2D eigenvalue weighted by Gasteiger charge is 2.21. The number of benzene rings is 1. The first kappa shape index (κ1) is 16.3. The highest BCUT2D eigenvalue weighted by atomic mass is 79.9. The molecule has 1 heterocycles. The monoisotopic (exact) mass is 348 g/mol. The predicted molar refractivity (Wildman–Crippen MR) is 82.2 cm³/mol. The molecule has 4 nitrogen and oxygen atoms in total. The fourth-order valence-electron chi connectivity index (χ4n) is 2.10. The number of methoxy groups -OCH3 is 1. The molecule has 0 radical (unpaired) electrons. The van der Waals surface area contributed by atoms with Crippen molar-refractivity contribution in [3.63, 3.8) is 0 Å². The Morgan fingerprint density at radius 1 is 1.42 bits per heavy atom. The van der Waals surface area contributed by atoms with E-state index in [9.17, 15) is 4.79 Å². The van der Waals surface area contributed by atoms with Crippen LogP contribution in [0, 0.1) is 5.92 Å².